The molecule has 1 atom stereocenters. The summed E-state index contributed by atoms with van der Waals surface area (Å²) in [5.74, 6) is 0.761. The molecule has 0 radical (unpaired) electrons. The monoisotopic (exact) mass is 333 g/mol. The van der Waals surface area contributed by atoms with Crippen molar-refractivity contribution < 1.29 is 9.21 Å². The first-order chi connectivity index (χ1) is 11.2. The molecule has 2 aromatic heterocycles. The summed E-state index contributed by atoms with van der Waals surface area (Å²) in [4.78, 5) is 19.0. The van der Waals surface area contributed by atoms with Crippen LogP contribution in [0.25, 0.3) is 0 Å². The average Bonchev–Trinajstić information content (AvgIpc) is 3.12. The molecule has 5 nitrogen and oxygen atoms in total. The molecule has 2 heterocycles. The van der Waals surface area contributed by atoms with Crippen molar-refractivity contribution in [2.24, 2.45) is 0 Å². The van der Waals surface area contributed by atoms with E-state index in [1.165, 1.54) is 11.8 Å². The van der Waals surface area contributed by atoms with Crippen molar-refractivity contribution in [3.63, 3.8) is 0 Å². The van der Waals surface area contributed by atoms with Crippen LogP contribution in [-0.2, 0) is 0 Å². The third-order valence-corrected chi connectivity index (χ3v) is 4.50. The lowest BCUT2D eigenvalue weighted by Crippen LogP contribution is -2.38. The molecule has 0 aliphatic rings. The molecule has 0 bridgehead atoms. The summed E-state index contributed by atoms with van der Waals surface area (Å²) in [6, 6.07) is 7.43. The number of thioether (sulfide) groups is 1. The number of aromatic nitrogens is 1. The Morgan fingerprint density at radius 2 is 2.13 bits per heavy atom. The zero-order valence-corrected chi connectivity index (χ0v) is 14.6. The maximum Gasteiger partial charge on any atom is 0.254 e. The van der Waals surface area contributed by atoms with Crippen molar-refractivity contribution in [1.29, 1.82) is 0 Å². The lowest BCUT2D eigenvalue weighted by Gasteiger charge is -2.28. The number of furan rings is 1. The zero-order chi connectivity index (χ0) is 16.7. The topological polar surface area (TPSA) is 58.4 Å². The number of hydrogen-bond acceptors (Lipinski definition) is 5. The van der Waals surface area contributed by atoms with Crippen molar-refractivity contribution in [3.05, 3.63) is 48.0 Å². The molecule has 2 aromatic rings. The van der Waals surface area contributed by atoms with Gasteiger partial charge in [0.2, 0.25) is 0 Å². The first-order valence-corrected chi connectivity index (χ1v) is 8.98. The number of hydrogen-bond donors (Lipinski definition) is 1. The number of pyridine rings is 1. The molecule has 0 aromatic carbocycles. The molecule has 0 saturated carbocycles. The molecular formula is C17H23N3O2S. The summed E-state index contributed by atoms with van der Waals surface area (Å²) in [6.07, 6.45) is 5.28. The fraction of sp³-hybridized carbons (Fsp3) is 0.412. The van der Waals surface area contributed by atoms with Gasteiger partial charge in [0.15, 0.2) is 0 Å². The lowest BCUT2D eigenvalue weighted by atomic mass is 10.1. The highest BCUT2D eigenvalue weighted by molar-refractivity contribution is 7.98. The second-order valence-electron chi connectivity index (χ2n) is 5.02. The summed E-state index contributed by atoms with van der Waals surface area (Å²) < 4.78 is 5.55. The highest BCUT2D eigenvalue weighted by atomic mass is 32.2. The Balaban J connectivity index is 2.10. The van der Waals surface area contributed by atoms with Gasteiger partial charge in [-0.15, -0.1) is 11.8 Å². The van der Waals surface area contributed by atoms with E-state index in [0.717, 1.165) is 23.9 Å². The van der Waals surface area contributed by atoms with E-state index in [9.17, 15) is 4.79 Å². The van der Waals surface area contributed by atoms with Gasteiger partial charge < -0.3 is 9.73 Å². The van der Waals surface area contributed by atoms with Crippen LogP contribution in [0.1, 0.15) is 36.0 Å². The van der Waals surface area contributed by atoms with Crippen molar-refractivity contribution in [2.45, 2.75) is 24.9 Å². The highest BCUT2D eigenvalue weighted by Gasteiger charge is 2.22. The van der Waals surface area contributed by atoms with Gasteiger partial charge in [0.05, 0.1) is 17.9 Å². The minimum absolute atomic E-state index is 0.0263. The van der Waals surface area contributed by atoms with E-state index >= 15 is 0 Å². The molecule has 2 rings (SSSR count). The second kappa shape index (κ2) is 8.74. The Labute approximate surface area is 141 Å². The van der Waals surface area contributed by atoms with Gasteiger partial charge in [-0.05, 0) is 43.6 Å². The third-order valence-electron chi connectivity index (χ3n) is 3.79. The van der Waals surface area contributed by atoms with Crippen molar-refractivity contribution in [2.75, 3.05) is 25.9 Å². The average molecular weight is 333 g/mol. The third kappa shape index (κ3) is 4.36. The van der Waals surface area contributed by atoms with E-state index in [4.69, 9.17) is 4.42 Å². The zero-order valence-electron chi connectivity index (χ0n) is 13.8. The number of rotatable bonds is 8. The quantitative estimate of drug-likeness (QED) is 0.752. The Bertz CT molecular complexity index is 612. The Morgan fingerprint density at radius 3 is 2.74 bits per heavy atom. The van der Waals surface area contributed by atoms with Crippen LogP contribution in [0.5, 0.6) is 0 Å². The van der Waals surface area contributed by atoms with E-state index in [-0.39, 0.29) is 11.9 Å². The largest absolute Gasteiger partial charge is 0.468 e. The normalized spacial score (nSPS) is 12.3. The molecule has 6 heteroatoms. The summed E-state index contributed by atoms with van der Waals surface area (Å²) in [7, 11) is 0. The molecule has 0 spiro atoms. The standard InChI is InChI=1S/C17H23N3O2S/c1-4-20(5-2)14(15-9-7-11-22-15)12-19-16(21)13-8-6-10-18-17(13)23-3/h6-11,14H,4-5,12H2,1-3H3,(H,19,21). The first-order valence-electron chi connectivity index (χ1n) is 7.75. The van der Waals surface area contributed by atoms with E-state index in [1.807, 2.05) is 18.4 Å². The Morgan fingerprint density at radius 1 is 1.35 bits per heavy atom. The van der Waals surface area contributed by atoms with Crippen molar-refractivity contribution >= 4 is 17.7 Å². The number of carbonyl (C=O) groups is 1. The fourth-order valence-electron chi connectivity index (χ4n) is 2.57. The molecule has 1 unspecified atom stereocenters. The number of amides is 1. The van der Waals surface area contributed by atoms with Crippen LogP contribution in [-0.4, -0.2) is 41.7 Å². The molecule has 1 amide bonds. The molecule has 0 aliphatic heterocycles. The van der Waals surface area contributed by atoms with E-state index < -0.39 is 0 Å². The van der Waals surface area contributed by atoms with Gasteiger partial charge >= 0.3 is 0 Å². The molecule has 1 N–H and O–H groups in total. The minimum atomic E-state index is -0.105. The Kier molecular flexibility index (Phi) is 6.67. The van der Waals surface area contributed by atoms with Crippen LogP contribution in [0.15, 0.2) is 46.2 Å². The van der Waals surface area contributed by atoms with Crippen LogP contribution in [0.3, 0.4) is 0 Å². The number of likely N-dealkylation sites (N-methyl/N-ethyl adjacent to an activating group) is 1. The summed E-state index contributed by atoms with van der Waals surface area (Å²) in [6.45, 7) is 6.49. The SMILES string of the molecule is CCN(CC)C(CNC(=O)c1cccnc1SC)c1ccco1. The second-order valence-corrected chi connectivity index (χ2v) is 5.82. The molecule has 0 saturated heterocycles. The maximum atomic E-state index is 12.5. The molecule has 0 fully saturated rings. The summed E-state index contributed by atoms with van der Waals surface area (Å²) in [5, 5.41) is 3.76. The molecule has 23 heavy (non-hydrogen) atoms. The minimum Gasteiger partial charge on any atom is -0.468 e. The predicted octanol–water partition coefficient (Wildman–Crippen LogP) is 3.21. The lowest BCUT2D eigenvalue weighted by molar-refractivity contribution is 0.0926. The predicted molar refractivity (Wildman–Crippen MR) is 92.7 cm³/mol. The molecule has 124 valence electrons. The number of nitrogens with one attached hydrogen (secondary N) is 1. The highest BCUT2D eigenvalue weighted by Crippen LogP contribution is 2.21. The van der Waals surface area contributed by atoms with Gasteiger partial charge in [-0.2, -0.15) is 0 Å². The van der Waals surface area contributed by atoms with Crippen molar-refractivity contribution in [1.82, 2.24) is 15.2 Å². The Hall–Kier alpha value is -1.79. The van der Waals surface area contributed by atoms with Gasteiger partial charge in [-0.25, -0.2) is 4.98 Å². The van der Waals surface area contributed by atoms with Crippen LogP contribution in [0.4, 0.5) is 0 Å². The van der Waals surface area contributed by atoms with Gasteiger partial charge in [0.25, 0.3) is 5.91 Å². The van der Waals surface area contributed by atoms with E-state index in [2.05, 4.69) is 29.0 Å². The van der Waals surface area contributed by atoms with E-state index in [1.54, 1.807) is 24.6 Å². The summed E-state index contributed by atoms with van der Waals surface area (Å²) in [5.41, 5.74) is 0.609. The summed E-state index contributed by atoms with van der Waals surface area (Å²) >= 11 is 1.47. The van der Waals surface area contributed by atoms with Crippen LogP contribution < -0.4 is 5.32 Å². The van der Waals surface area contributed by atoms with Crippen LogP contribution in [0, 0.1) is 0 Å². The van der Waals surface area contributed by atoms with Gasteiger partial charge in [-0.3, -0.25) is 9.69 Å². The van der Waals surface area contributed by atoms with Gasteiger partial charge in [0.1, 0.15) is 10.8 Å². The first kappa shape index (κ1) is 17.6. The van der Waals surface area contributed by atoms with Crippen LogP contribution >= 0.6 is 11.8 Å². The molecule has 0 aliphatic carbocycles. The van der Waals surface area contributed by atoms with Crippen molar-refractivity contribution in [3.8, 4) is 0 Å². The maximum absolute atomic E-state index is 12.5. The van der Waals surface area contributed by atoms with Crippen LogP contribution in [0.2, 0.25) is 0 Å². The number of carbonyl (C=O) groups excluding carboxylic acids is 1. The number of nitrogens with zero attached hydrogens (tertiary/aromatic N) is 2. The van der Waals surface area contributed by atoms with Gasteiger partial charge in [-0.1, -0.05) is 13.8 Å². The fourth-order valence-corrected chi connectivity index (χ4v) is 3.11. The van der Waals surface area contributed by atoms with Gasteiger partial charge in [0, 0.05) is 12.7 Å². The molecular weight excluding hydrogens is 310 g/mol. The van der Waals surface area contributed by atoms with E-state index in [0.29, 0.717) is 12.1 Å². The smallest absolute Gasteiger partial charge is 0.254 e.